The monoisotopic (exact) mass is 264 g/mol. The van der Waals surface area contributed by atoms with Gasteiger partial charge in [0.25, 0.3) is 5.91 Å². The Labute approximate surface area is 109 Å². The molecular weight excluding hydrogens is 252 g/mol. The molecule has 0 unspecified atom stereocenters. The van der Waals surface area contributed by atoms with E-state index in [9.17, 15) is 14.4 Å². The average molecular weight is 264 g/mol. The number of benzene rings is 1. The number of nitrogens with one attached hydrogen (secondary N) is 1. The maximum atomic E-state index is 12.1. The van der Waals surface area contributed by atoms with Crippen molar-refractivity contribution in [2.24, 2.45) is 0 Å². The Bertz CT molecular complexity index is 483. The molecule has 0 radical (unpaired) electrons. The van der Waals surface area contributed by atoms with Crippen LogP contribution in [0.2, 0.25) is 0 Å². The first kappa shape index (κ1) is 12.6. The zero-order chi connectivity index (χ0) is 13.1. The normalized spacial score (nSPS) is 15.5. The van der Waals surface area contributed by atoms with E-state index in [-0.39, 0.29) is 19.0 Å². The van der Waals surface area contributed by atoms with Gasteiger partial charge in [0, 0.05) is 10.5 Å². The molecule has 18 heavy (non-hydrogen) atoms. The molecule has 0 atom stereocenters. The van der Waals surface area contributed by atoms with E-state index in [4.69, 9.17) is 0 Å². The van der Waals surface area contributed by atoms with Gasteiger partial charge >= 0.3 is 0 Å². The highest BCUT2D eigenvalue weighted by molar-refractivity contribution is 7.98. The van der Waals surface area contributed by atoms with Gasteiger partial charge in [0.15, 0.2) is 0 Å². The molecule has 1 aromatic carbocycles. The van der Waals surface area contributed by atoms with Gasteiger partial charge in [-0.25, -0.2) is 0 Å². The van der Waals surface area contributed by atoms with Gasteiger partial charge in [-0.3, -0.25) is 19.7 Å². The lowest BCUT2D eigenvalue weighted by atomic mass is 10.2. The van der Waals surface area contributed by atoms with Crippen LogP contribution in [0, 0.1) is 0 Å². The summed E-state index contributed by atoms with van der Waals surface area (Å²) in [6, 6.07) is 7.07. The van der Waals surface area contributed by atoms with Gasteiger partial charge in [-0.05, 0) is 30.5 Å². The Kier molecular flexibility index (Phi) is 3.66. The SMILES string of the molecule is CSc1ccc(C(=O)N2CC(=O)NC(=O)C2)cc1. The summed E-state index contributed by atoms with van der Waals surface area (Å²) in [6.07, 6.45) is 1.95. The summed E-state index contributed by atoms with van der Waals surface area (Å²) in [7, 11) is 0. The molecule has 0 saturated carbocycles. The number of carbonyl (C=O) groups is 3. The fourth-order valence-electron chi connectivity index (χ4n) is 1.70. The molecule has 1 fully saturated rings. The number of hydrogen-bond acceptors (Lipinski definition) is 4. The molecule has 2 rings (SSSR count). The topological polar surface area (TPSA) is 66.5 Å². The maximum absolute atomic E-state index is 12.1. The van der Waals surface area contributed by atoms with Crippen molar-refractivity contribution in [2.45, 2.75) is 4.90 Å². The number of hydrogen-bond donors (Lipinski definition) is 1. The maximum Gasteiger partial charge on any atom is 0.254 e. The van der Waals surface area contributed by atoms with Crippen LogP contribution in [0.3, 0.4) is 0 Å². The number of rotatable bonds is 2. The highest BCUT2D eigenvalue weighted by Crippen LogP contribution is 2.16. The Hall–Kier alpha value is -1.82. The number of piperazine rings is 1. The van der Waals surface area contributed by atoms with Crippen molar-refractivity contribution < 1.29 is 14.4 Å². The molecule has 0 aromatic heterocycles. The van der Waals surface area contributed by atoms with E-state index in [1.165, 1.54) is 4.90 Å². The number of amides is 3. The Morgan fingerprint density at radius 1 is 1.17 bits per heavy atom. The van der Waals surface area contributed by atoms with Gasteiger partial charge in [-0.15, -0.1) is 11.8 Å². The molecule has 1 N–H and O–H groups in total. The number of carbonyl (C=O) groups excluding carboxylic acids is 3. The van der Waals surface area contributed by atoms with E-state index in [1.807, 2.05) is 18.4 Å². The van der Waals surface area contributed by atoms with Gasteiger partial charge in [-0.2, -0.15) is 0 Å². The van der Waals surface area contributed by atoms with Crippen molar-refractivity contribution in [3.05, 3.63) is 29.8 Å². The Morgan fingerprint density at radius 2 is 1.72 bits per heavy atom. The summed E-state index contributed by atoms with van der Waals surface area (Å²) in [5.41, 5.74) is 0.482. The van der Waals surface area contributed by atoms with Crippen molar-refractivity contribution >= 4 is 29.5 Å². The predicted molar refractivity (Wildman–Crippen MR) is 67.3 cm³/mol. The van der Waals surface area contributed by atoms with E-state index < -0.39 is 11.8 Å². The van der Waals surface area contributed by atoms with E-state index in [2.05, 4.69) is 5.32 Å². The van der Waals surface area contributed by atoms with Crippen molar-refractivity contribution in [1.29, 1.82) is 0 Å². The zero-order valence-corrected chi connectivity index (χ0v) is 10.6. The number of nitrogens with zero attached hydrogens (tertiary/aromatic N) is 1. The minimum Gasteiger partial charge on any atom is -0.320 e. The fraction of sp³-hybridized carbons (Fsp3) is 0.250. The summed E-state index contributed by atoms with van der Waals surface area (Å²) in [6.45, 7) is -0.149. The minimum absolute atomic E-state index is 0.0746. The second-order valence-electron chi connectivity index (χ2n) is 3.86. The molecule has 5 nitrogen and oxygen atoms in total. The molecule has 1 aliphatic heterocycles. The van der Waals surface area contributed by atoms with Gasteiger partial charge in [0.05, 0.1) is 0 Å². The number of imide groups is 1. The van der Waals surface area contributed by atoms with Crippen LogP contribution in [-0.2, 0) is 9.59 Å². The molecule has 0 bridgehead atoms. The van der Waals surface area contributed by atoms with E-state index in [0.717, 1.165) is 4.90 Å². The summed E-state index contributed by atoms with van der Waals surface area (Å²) in [5.74, 6) is -1.19. The molecule has 3 amide bonds. The number of thioether (sulfide) groups is 1. The van der Waals surface area contributed by atoms with Crippen molar-refractivity contribution in [3.63, 3.8) is 0 Å². The van der Waals surface area contributed by atoms with Crippen LogP contribution >= 0.6 is 11.8 Å². The first-order chi connectivity index (χ1) is 8.60. The molecular formula is C12H12N2O3S. The molecule has 1 aliphatic rings. The van der Waals surface area contributed by atoms with Crippen LogP contribution < -0.4 is 5.32 Å². The highest BCUT2D eigenvalue weighted by Gasteiger charge is 2.26. The van der Waals surface area contributed by atoms with Crippen LogP contribution in [0.5, 0.6) is 0 Å². The molecule has 0 aliphatic carbocycles. The van der Waals surface area contributed by atoms with Gasteiger partial charge < -0.3 is 4.90 Å². The van der Waals surface area contributed by atoms with Crippen LogP contribution in [0.25, 0.3) is 0 Å². The lowest BCUT2D eigenvalue weighted by Crippen LogP contribution is -2.53. The Morgan fingerprint density at radius 3 is 2.22 bits per heavy atom. The van der Waals surface area contributed by atoms with Gasteiger partial charge in [0.2, 0.25) is 11.8 Å². The second-order valence-corrected chi connectivity index (χ2v) is 4.74. The summed E-state index contributed by atoms with van der Waals surface area (Å²) in [5, 5.41) is 2.16. The average Bonchev–Trinajstić information content (AvgIpc) is 2.37. The van der Waals surface area contributed by atoms with Crippen LogP contribution in [-0.4, -0.2) is 42.0 Å². The van der Waals surface area contributed by atoms with Crippen molar-refractivity contribution in [1.82, 2.24) is 10.2 Å². The first-order valence-corrected chi connectivity index (χ1v) is 6.58. The van der Waals surface area contributed by atoms with Gasteiger partial charge in [-0.1, -0.05) is 0 Å². The molecule has 1 saturated heterocycles. The van der Waals surface area contributed by atoms with Crippen LogP contribution in [0.4, 0.5) is 0 Å². The second kappa shape index (κ2) is 5.22. The third kappa shape index (κ3) is 2.70. The summed E-state index contributed by atoms with van der Waals surface area (Å²) >= 11 is 1.58. The minimum atomic E-state index is -0.444. The van der Waals surface area contributed by atoms with E-state index in [0.29, 0.717) is 5.56 Å². The largest absolute Gasteiger partial charge is 0.320 e. The smallest absolute Gasteiger partial charge is 0.254 e. The summed E-state index contributed by atoms with van der Waals surface area (Å²) in [4.78, 5) is 36.8. The molecule has 0 spiro atoms. The van der Waals surface area contributed by atoms with Crippen LogP contribution in [0.15, 0.2) is 29.2 Å². The lowest BCUT2D eigenvalue weighted by Gasteiger charge is -2.25. The fourth-order valence-corrected chi connectivity index (χ4v) is 2.11. The molecule has 1 aromatic rings. The van der Waals surface area contributed by atoms with Crippen molar-refractivity contribution in [2.75, 3.05) is 19.3 Å². The van der Waals surface area contributed by atoms with Gasteiger partial charge in [0.1, 0.15) is 13.1 Å². The van der Waals surface area contributed by atoms with E-state index >= 15 is 0 Å². The lowest BCUT2D eigenvalue weighted by molar-refractivity contribution is -0.135. The molecule has 6 heteroatoms. The molecule has 94 valence electrons. The predicted octanol–water partition coefficient (Wildman–Crippen LogP) is 0.507. The van der Waals surface area contributed by atoms with Crippen molar-refractivity contribution in [3.8, 4) is 0 Å². The van der Waals surface area contributed by atoms with E-state index in [1.54, 1.807) is 23.9 Å². The van der Waals surface area contributed by atoms with Crippen LogP contribution in [0.1, 0.15) is 10.4 Å². The summed E-state index contributed by atoms with van der Waals surface area (Å²) < 4.78 is 0. The first-order valence-electron chi connectivity index (χ1n) is 5.36. The third-order valence-corrected chi connectivity index (χ3v) is 3.32. The Balaban J connectivity index is 2.14. The zero-order valence-electron chi connectivity index (χ0n) is 9.80. The standard InChI is InChI=1S/C12H12N2O3S/c1-18-9-4-2-8(3-5-9)12(17)14-6-10(15)13-11(16)7-14/h2-5H,6-7H2,1H3,(H,13,15,16). The molecule has 1 heterocycles. The quantitative estimate of drug-likeness (QED) is 0.624. The highest BCUT2D eigenvalue weighted by atomic mass is 32.2. The third-order valence-electron chi connectivity index (χ3n) is 2.57.